The highest BCUT2D eigenvalue weighted by Crippen LogP contribution is 2.28. The van der Waals surface area contributed by atoms with Crippen molar-refractivity contribution in [3.8, 4) is 0 Å². The Morgan fingerprint density at radius 1 is 1.52 bits per heavy atom. The lowest BCUT2D eigenvalue weighted by Crippen LogP contribution is -2.46. The normalized spacial score (nSPS) is 19.7. The highest BCUT2D eigenvalue weighted by Gasteiger charge is 2.32. The fourth-order valence-electron chi connectivity index (χ4n) is 2.27. The van der Waals surface area contributed by atoms with E-state index >= 15 is 0 Å². The smallest absolute Gasteiger partial charge is 0.410 e. The van der Waals surface area contributed by atoms with Crippen LogP contribution >= 0.6 is 27.3 Å². The van der Waals surface area contributed by atoms with Gasteiger partial charge in [-0.1, -0.05) is 0 Å². The molecule has 2 heterocycles. The van der Waals surface area contributed by atoms with E-state index in [4.69, 9.17) is 4.74 Å². The van der Waals surface area contributed by atoms with Crippen LogP contribution in [0.2, 0.25) is 0 Å². The third-order valence-corrected chi connectivity index (χ3v) is 5.25. The molecule has 1 aliphatic heterocycles. The highest BCUT2D eigenvalue weighted by molar-refractivity contribution is 9.10. The van der Waals surface area contributed by atoms with Crippen molar-refractivity contribution in [2.75, 3.05) is 13.1 Å². The van der Waals surface area contributed by atoms with Crippen LogP contribution in [0.4, 0.5) is 4.79 Å². The fourth-order valence-corrected chi connectivity index (χ4v) is 3.87. The molecule has 1 amide bonds. The second kappa shape index (κ2) is 6.48. The van der Waals surface area contributed by atoms with Gasteiger partial charge < -0.3 is 9.64 Å². The Bertz CT molecular complexity index is 535. The second-order valence-corrected chi connectivity index (χ2v) is 8.09. The van der Waals surface area contributed by atoms with Gasteiger partial charge in [0.05, 0.1) is 0 Å². The molecular formula is C15H20BrNO3S. The molecule has 1 unspecified atom stereocenters. The van der Waals surface area contributed by atoms with Gasteiger partial charge in [0.25, 0.3) is 0 Å². The van der Waals surface area contributed by atoms with Crippen molar-refractivity contribution in [1.82, 2.24) is 4.90 Å². The van der Waals surface area contributed by atoms with Crippen LogP contribution in [0, 0.1) is 5.92 Å². The number of hydrogen-bond donors (Lipinski definition) is 0. The van der Waals surface area contributed by atoms with Crippen molar-refractivity contribution in [2.24, 2.45) is 5.92 Å². The average molecular weight is 374 g/mol. The number of halogens is 1. The predicted octanol–water partition coefficient (Wildman–Crippen LogP) is 3.88. The molecule has 1 aromatic heterocycles. The highest BCUT2D eigenvalue weighted by atomic mass is 79.9. The van der Waals surface area contributed by atoms with Crippen LogP contribution in [0.15, 0.2) is 15.9 Å². The quantitative estimate of drug-likeness (QED) is 0.789. The molecule has 1 saturated heterocycles. The zero-order valence-corrected chi connectivity index (χ0v) is 14.9. The number of piperidine rings is 1. The number of thiophene rings is 1. The lowest BCUT2D eigenvalue weighted by Gasteiger charge is -2.33. The van der Waals surface area contributed by atoms with Gasteiger partial charge in [0.1, 0.15) is 11.4 Å². The molecule has 0 radical (unpaired) electrons. The van der Waals surface area contributed by atoms with E-state index in [0.29, 0.717) is 25.9 Å². The van der Waals surface area contributed by atoms with Gasteiger partial charge in [-0.2, -0.15) is 0 Å². The zero-order valence-electron chi connectivity index (χ0n) is 12.5. The van der Waals surface area contributed by atoms with Crippen LogP contribution in [0.5, 0.6) is 0 Å². The van der Waals surface area contributed by atoms with E-state index in [-0.39, 0.29) is 17.8 Å². The summed E-state index contributed by atoms with van der Waals surface area (Å²) < 4.78 is 6.43. The maximum Gasteiger partial charge on any atom is 0.410 e. The molecule has 2 rings (SSSR count). The largest absolute Gasteiger partial charge is 0.444 e. The Labute approximate surface area is 137 Å². The summed E-state index contributed by atoms with van der Waals surface area (Å²) in [4.78, 5) is 27.0. The molecule has 0 N–H and O–H groups in total. The van der Waals surface area contributed by atoms with Gasteiger partial charge in [-0.25, -0.2) is 4.79 Å². The number of ether oxygens (including phenoxy) is 1. The molecule has 0 aromatic carbocycles. The fraction of sp³-hybridized carbons (Fsp3) is 0.600. The lowest BCUT2D eigenvalue weighted by molar-refractivity contribution is -0.125. The molecule has 4 nitrogen and oxygen atoms in total. The van der Waals surface area contributed by atoms with E-state index in [1.165, 1.54) is 0 Å². The number of ketones is 1. The number of rotatable bonds is 2. The van der Waals surface area contributed by atoms with Crippen molar-refractivity contribution in [2.45, 2.75) is 39.2 Å². The number of Topliss-reactive ketones (excluding diaryl/α,β-unsaturated/α-hetero) is 1. The maximum atomic E-state index is 12.1. The summed E-state index contributed by atoms with van der Waals surface area (Å²) in [5.41, 5.74) is -0.509. The molecule has 0 bridgehead atoms. The Morgan fingerprint density at radius 3 is 2.81 bits per heavy atom. The summed E-state index contributed by atoms with van der Waals surface area (Å²) >= 11 is 5.12. The molecule has 0 saturated carbocycles. The zero-order chi connectivity index (χ0) is 15.6. The molecule has 116 valence electrons. The molecule has 1 aliphatic rings. The van der Waals surface area contributed by atoms with E-state index in [1.807, 2.05) is 32.2 Å². The van der Waals surface area contributed by atoms with Gasteiger partial charge in [0, 0.05) is 34.8 Å². The van der Waals surface area contributed by atoms with E-state index < -0.39 is 5.60 Å². The minimum atomic E-state index is -0.509. The van der Waals surface area contributed by atoms with E-state index in [2.05, 4.69) is 15.9 Å². The molecule has 0 spiro atoms. The van der Waals surface area contributed by atoms with E-state index in [1.54, 1.807) is 16.2 Å². The molecule has 21 heavy (non-hydrogen) atoms. The van der Waals surface area contributed by atoms with Crippen LogP contribution in [0.1, 0.15) is 32.1 Å². The van der Waals surface area contributed by atoms with Crippen molar-refractivity contribution in [1.29, 1.82) is 0 Å². The number of carbonyl (C=O) groups excluding carboxylic acids is 2. The van der Waals surface area contributed by atoms with Crippen LogP contribution in [0.25, 0.3) is 0 Å². The van der Waals surface area contributed by atoms with Crippen molar-refractivity contribution in [3.05, 3.63) is 20.8 Å². The number of nitrogens with zero attached hydrogens (tertiary/aromatic N) is 1. The summed E-state index contributed by atoms with van der Waals surface area (Å²) in [5, 5.41) is 2.00. The lowest BCUT2D eigenvalue weighted by atomic mass is 9.93. The SMILES string of the molecule is CC(C)(C)OC(=O)N1CCC(=O)C(Cc2sccc2Br)C1. The number of amides is 1. The first-order chi connectivity index (χ1) is 9.76. The van der Waals surface area contributed by atoms with Crippen molar-refractivity contribution >= 4 is 39.1 Å². The van der Waals surface area contributed by atoms with Crippen LogP contribution < -0.4 is 0 Å². The number of hydrogen-bond acceptors (Lipinski definition) is 4. The molecule has 6 heteroatoms. The third kappa shape index (κ3) is 4.54. The van der Waals surface area contributed by atoms with Crippen molar-refractivity contribution < 1.29 is 14.3 Å². The second-order valence-electron chi connectivity index (χ2n) is 6.24. The summed E-state index contributed by atoms with van der Waals surface area (Å²) in [6.45, 7) is 6.44. The maximum absolute atomic E-state index is 12.1. The summed E-state index contributed by atoms with van der Waals surface area (Å²) in [6, 6.07) is 1.99. The van der Waals surface area contributed by atoms with Crippen LogP contribution in [0.3, 0.4) is 0 Å². The van der Waals surface area contributed by atoms with Crippen LogP contribution in [-0.2, 0) is 16.0 Å². The standard InChI is InChI=1S/C15H20BrNO3S/c1-15(2,3)20-14(19)17-6-4-12(18)10(9-17)8-13-11(16)5-7-21-13/h5,7,10H,4,6,8-9H2,1-3H3. The predicted molar refractivity (Wildman–Crippen MR) is 86.6 cm³/mol. The average Bonchev–Trinajstić information content (AvgIpc) is 2.75. The monoisotopic (exact) mass is 373 g/mol. The van der Waals surface area contributed by atoms with E-state index in [0.717, 1.165) is 9.35 Å². The Kier molecular flexibility index (Phi) is 5.09. The third-order valence-electron chi connectivity index (χ3n) is 3.30. The van der Waals surface area contributed by atoms with Gasteiger partial charge in [0.15, 0.2) is 0 Å². The molecule has 1 fully saturated rings. The molecule has 0 aliphatic carbocycles. The summed E-state index contributed by atoms with van der Waals surface area (Å²) in [7, 11) is 0. The Hall–Kier alpha value is -0.880. The Balaban J connectivity index is 2.01. The van der Waals surface area contributed by atoms with Crippen molar-refractivity contribution in [3.63, 3.8) is 0 Å². The van der Waals surface area contributed by atoms with Crippen LogP contribution in [-0.4, -0.2) is 35.5 Å². The summed E-state index contributed by atoms with van der Waals surface area (Å²) in [5.74, 6) is 0.0938. The molecular weight excluding hydrogens is 354 g/mol. The minimum Gasteiger partial charge on any atom is -0.444 e. The van der Waals surface area contributed by atoms with Gasteiger partial charge >= 0.3 is 6.09 Å². The van der Waals surface area contributed by atoms with Gasteiger partial charge in [-0.3, -0.25) is 4.79 Å². The first-order valence-electron chi connectivity index (χ1n) is 6.99. The Morgan fingerprint density at radius 2 is 2.24 bits per heavy atom. The first kappa shape index (κ1) is 16.5. The minimum absolute atomic E-state index is 0.138. The first-order valence-corrected chi connectivity index (χ1v) is 8.66. The summed E-state index contributed by atoms with van der Waals surface area (Å²) in [6.07, 6.45) is 0.758. The van der Waals surface area contributed by atoms with E-state index in [9.17, 15) is 9.59 Å². The number of carbonyl (C=O) groups is 2. The van der Waals surface area contributed by atoms with Gasteiger partial charge in [-0.15, -0.1) is 11.3 Å². The molecule has 1 atom stereocenters. The van der Waals surface area contributed by atoms with Gasteiger partial charge in [0.2, 0.25) is 0 Å². The topological polar surface area (TPSA) is 46.6 Å². The number of likely N-dealkylation sites (tertiary alicyclic amines) is 1. The molecule has 1 aromatic rings. The van der Waals surface area contributed by atoms with Gasteiger partial charge in [-0.05, 0) is 54.6 Å².